The largest absolute Gasteiger partial charge is 0.508 e. The van der Waals surface area contributed by atoms with Crippen LogP contribution < -0.4 is 5.32 Å². The number of phenols is 1. The van der Waals surface area contributed by atoms with E-state index in [1.165, 1.54) is 31.4 Å². The van der Waals surface area contributed by atoms with Crippen LogP contribution in [0.3, 0.4) is 0 Å². The second-order valence-electron chi connectivity index (χ2n) is 3.70. The van der Waals surface area contributed by atoms with Gasteiger partial charge in [-0.2, -0.15) is 0 Å². The molecule has 94 valence electrons. The lowest BCUT2D eigenvalue weighted by Gasteiger charge is -2.10. The maximum Gasteiger partial charge on any atom is 0.251 e. The van der Waals surface area contributed by atoms with Gasteiger partial charge >= 0.3 is 0 Å². The number of hydrogen-bond donors (Lipinski definition) is 3. The first-order valence-electron chi connectivity index (χ1n) is 5.37. The van der Waals surface area contributed by atoms with E-state index in [2.05, 4.69) is 5.32 Å². The molecule has 0 fully saturated rings. The Kier molecular flexibility index (Phi) is 5.45. The molecule has 0 heterocycles. The molecule has 17 heavy (non-hydrogen) atoms. The summed E-state index contributed by atoms with van der Waals surface area (Å²) in [5.74, 6) is -0.105. The van der Waals surface area contributed by atoms with Gasteiger partial charge in [-0.25, -0.2) is 0 Å². The maximum atomic E-state index is 11.6. The fourth-order valence-electron chi connectivity index (χ4n) is 1.34. The Labute approximate surface area is 100 Å². The quantitative estimate of drug-likeness (QED) is 0.676. The smallest absolute Gasteiger partial charge is 0.251 e. The number of amides is 1. The topological polar surface area (TPSA) is 78.8 Å². The molecule has 0 aliphatic carbocycles. The average Bonchev–Trinajstić information content (AvgIpc) is 2.30. The number of aliphatic hydroxyl groups is 1. The minimum Gasteiger partial charge on any atom is -0.508 e. The molecule has 0 spiro atoms. The van der Waals surface area contributed by atoms with Crippen molar-refractivity contribution in [1.29, 1.82) is 0 Å². The van der Waals surface area contributed by atoms with Gasteiger partial charge in [0.05, 0.1) is 12.7 Å². The molecular weight excluding hydrogens is 222 g/mol. The molecule has 0 aromatic heterocycles. The SMILES string of the molecule is COCC(O)CCNC(=O)c1ccc(O)cc1. The number of phenolic OH excluding ortho intramolecular Hbond substituents is 1. The number of carbonyl (C=O) groups excluding carboxylic acids is 1. The molecule has 1 atom stereocenters. The van der Waals surface area contributed by atoms with E-state index >= 15 is 0 Å². The molecule has 5 heteroatoms. The van der Waals surface area contributed by atoms with E-state index in [1.807, 2.05) is 0 Å². The molecule has 0 aliphatic heterocycles. The maximum absolute atomic E-state index is 11.6. The van der Waals surface area contributed by atoms with Crippen molar-refractivity contribution in [3.8, 4) is 5.75 Å². The molecule has 1 amide bonds. The predicted molar refractivity (Wildman–Crippen MR) is 62.9 cm³/mol. The Hall–Kier alpha value is -1.59. The number of aromatic hydroxyl groups is 1. The number of aliphatic hydroxyl groups excluding tert-OH is 1. The Balaban J connectivity index is 2.32. The summed E-state index contributed by atoms with van der Waals surface area (Å²) in [7, 11) is 1.51. The Bertz CT molecular complexity index is 350. The van der Waals surface area contributed by atoms with Gasteiger partial charge in [0.1, 0.15) is 5.75 Å². The normalized spacial score (nSPS) is 12.1. The van der Waals surface area contributed by atoms with Crippen LogP contribution in [-0.4, -0.2) is 42.5 Å². The summed E-state index contributed by atoms with van der Waals surface area (Å²) in [4.78, 5) is 11.6. The van der Waals surface area contributed by atoms with Crippen molar-refractivity contribution in [3.05, 3.63) is 29.8 Å². The number of hydrogen-bond acceptors (Lipinski definition) is 4. The molecule has 1 unspecified atom stereocenters. The van der Waals surface area contributed by atoms with Crippen LogP contribution in [0.4, 0.5) is 0 Å². The highest BCUT2D eigenvalue weighted by molar-refractivity contribution is 5.94. The van der Waals surface area contributed by atoms with Crippen LogP contribution in [0.15, 0.2) is 24.3 Å². The minimum absolute atomic E-state index is 0.122. The van der Waals surface area contributed by atoms with Gasteiger partial charge in [0.2, 0.25) is 0 Å². The van der Waals surface area contributed by atoms with Crippen LogP contribution >= 0.6 is 0 Å². The van der Waals surface area contributed by atoms with Gasteiger partial charge in [-0.15, -0.1) is 0 Å². The van der Waals surface area contributed by atoms with Crippen molar-refractivity contribution < 1.29 is 19.7 Å². The Morgan fingerprint density at radius 2 is 2.06 bits per heavy atom. The zero-order chi connectivity index (χ0) is 12.7. The molecule has 0 bridgehead atoms. The fraction of sp³-hybridized carbons (Fsp3) is 0.417. The lowest BCUT2D eigenvalue weighted by Crippen LogP contribution is -2.28. The highest BCUT2D eigenvalue weighted by atomic mass is 16.5. The molecular formula is C12H17NO4. The molecule has 3 N–H and O–H groups in total. The Morgan fingerprint density at radius 1 is 1.41 bits per heavy atom. The van der Waals surface area contributed by atoms with E-state index in [9.17, 15) is 9.90 Å². The first kappa shape index (κ1) is 13.5. The highest BCUT2D eigenvalue weighted by Gasteiger charge is 2.07. The van der Waals surface area contributed by atoms with Gasteiger partial charge in [0.15, 0.2) is 0 Å². The van der Waals surface area contributed by atoms with E-state index in [-0.39, 0.29) is 18.3 Å². The Morgan fingerprint density at radius 3 is 2.65 bits per heavy atom. The molecule has 1 rings (SSSR count). The number of ether oxygens (including phenoxy) is 1. The van der Waals surface area contributed by atoms with Crippen LogP contribution in [0.5, 0.6) is 5.75 Å². The summed E-state index contributed by atoms with van der Waals surface area (Å²) < 4.78 is 4.77. The molecule has 0 saturated carbocycles. The summed E-state index contributed by atoms with van der Waals surface area (Å²) in [6.45, 7) is 0.638. The third kappa shape index (κ3) is 4.84. The lowest BCUT2D eigenvalue weighted by atomic mass is 10.2. The fourth-order valence-corrected chi connectivity index (χ4v) is 1.34. The second-order valence-corrected chi connectivity index (χ2v) is 3.70. The van der Waals surface area contributed by atoms with Crippen molar-refractivity contribution in [2.75, 3.05) is 20.3 Å². The molecule has 1 aromatic carbocycles. The first-order valence-corrected chi connectivity index (χ1v) is 5.37. The monoisotopic (exact) mass is 239 g/mol. The lowest BCUT2D eigenvalue weighted by molar-refractivity contribution is 0.0587. The number of carbonyl (C=O) groups is 1. The summed E-state index contributed by atoms with van der Waals surface area (Å²) in [5.41, 5.74) is 0.476. The minimum atomic E-state index is -0.569. The van der Waals surface area contributed by atoms with Crippen LogP contribution in [0.1, 0.15) is 16.8 Å². The van der Waals surface area contributed by atoms with E-state index in [0.717, 1.165) is 0 Å². The highest BCUT2D eigenvalue weighted by Crippen LogP contribution is 2.09. The number of nitrogens with one attached hydrogen (secondary N) is 1. The second kappa shape index (κ2) is 6.88. The predicted octanol–water partition coefficient (Wildman–Crippen LogP) is 0.519. The van der Waals surface area contributed by atoms with Gasteiger partial charge in [0, 0.05) is 19.2 Å². The molecule has 5 nitrogen and oxygen atoms in total. The van der Waals surface area contributed by atoms with Crippen molar-refractivity contribution in [1.82, 2.24) is 5.32 Å². The number of benzene rings is 1. The van der Waals surface area contributed by atoms with E-state index in [0.29, 0.717) is 18.5 Å². The van der Waals surface area contributed by atoms with Crippen molar-refractivity contribution >= 4 is 5.91 Å². The van der Waals surface area contributed by atoms with Gasteiger partial charge in [-0.05, 0) is 30.7 Å². The summed E-state index contributed by atoms with van der Waals surface area (Å²) in [5, 5.41) is 21.1. The summed E-state index contributed by atoms with van der Waals surface area (Å²) >= 11 is 0. The zero-order valence-corrected chi connectivity index (χ0v) is 9.72. The summed E-state index contributed by atoms with van der Waals surface area (Å²) in [6, 6.07) is 5.98. The van der Waals surface area contributed by atoms with Crippen LogP contribution in [-0.2, 0) is 4.74 Å². The van der Waals surface area contributed by atoms with Gasteiger partial charge in [-0.1, -0.05) is 0 Å². The summed E-state index contributed by atoms with van der Waals surface area (Å²) in [6.07, 6.45) is -0.127. The number of rotatable bonds is 6. The van der Waals surface area contributed by atoms with Crippen molar-refractivity contribution in [3.63, 3.8) is 0 Å². The molecule has 0 saturated heterocycles. The van der Waals surface area contributed by atoms with Crippen LogP contribution in [0, 0.1) is 0 Å². The van der Waals surface area contributed by atoms with E-state index in [4.69, 9.17) is 9.84 Å². The third-order valence-electron chi connectivity index (χ3n) is 2.25. The average molecular weight is 239 g/mol. The van der Waals surface area contributed by atoms with Gasteiger partial charge in [-0.3, -0.25) is 4.79 Å². The van der Waals surface area contributed by atoms with Crippen molar-refractivity contribution in [2.45, 2.75) is 12.5 Å². The van der Waals surface area contributed by atoms with Gasteiger partial charge in [0.25, 0.3) is 5.91 Å². The van der Waals surface area contributed by atoms with Crippen LogP contribution in [0.25, 0.3) is 0 Å². The van der Waals surface area contributed by atoms with E-state index < -0.39 is 6.10 Å². The third-order valence-corrected chi connectivity index (χ3v) is 2.25. The van der Waals surface area contributed by atoms with Crippen molar-refractivity contribution in [2.24, 2.45) is 0 Å². The van der Waals surface area contributed by atoms with Crippen LogP contribution in [0.2, 0.25) is 0 Å². The molecule has 0 radical (unpaired) electrons. The standard InChI is InChI=1S/C12H17NO4/c1-17-8-11(15)6-7-13-12(16)9-2-4-10(14)5-3-9/h2-5,11,14-15H,6-8H2,1H3,(H,13,16). The molecule has 1 aromatic rings. The number of methoxy groups -OCH3 is 1. The van der Waals surface area contributed by atoms with E-state index in [1.54, 1.807) is 0 Å². The molecule has 0 aliphatic rings. The van der Waals surface area contributed by atoms with Gasteiger partial charge < -0.3 is 20.3 Å². The zero-order valence-electron chi connectivity index (χ0n) is 9.72. The first-order chi connectivity index (χ1) is 8.13.